The summed E-state index contributed by atoms with van der Waals surface area (Å²) in [6.45, 7) is 2.79. The lowest BCUT2D eigenvalue weighted by molar-refractivity contribution is -0.111. The summed E-state index contributed by atoms with van der Waals surface area (Å²) in [5.41, 5.74) is 9.89. The smallest absolute Gasteiger partial charge is 0.410 e. The van der Waals surface area contributed by atoms with Gasteiger partial charge in [0.1, 0.15) is 11.6 Å². The van der Waals surface area contributed by atoms with Crippen molar-refractivity contribution in [3.05, 3.63) is 89.4 Å². The summed E-state index contributed by atoms with van der Waals surface area (Å²) in [5.74, 6) is -0.242. The number of nitrogens with zero attached hydrogens (tertiary/aromatic N) is 3. The number of nitrogen functional groups attached to an aromatic ring is 1. The van der Waals surface area contributed by atoms with Crippen LogP contribution in [0.5, 0.6) is 0 Å². The number of piperazine rings is 1. The lowest BCUT2D eigenvalue weighted by atomic mass is 10.1. The fourth-order valence-corrected chi connectivity index (χ4v) is 4.98. The summed E-state index contributed by atoms with van der Waals surface area (Å²) in [6, 6.07) is 23.0. The number of fused-ring (bicyclic) bond motifs is 1. The monoisotopic (exact) mass is 513 g/mol. The Hall–Kier alpha value is -4.37. The lowest BCUT2D eigenvalue weighted by Gasteiger charge is -2.35. The predicted octanol–water partition coefficient (Wildman–Crippen LogP) is 4.99. The number of amides is 2. The molecule has 188 valence electrons. The van der Waals surface area contributed by atoms with E-state index < -0.39 is 0 Å². The van der Waals surface area contributed by atoms with Gasteiger partial charge in [0.25, 0.3) is 0 Å². The number of hydrogen-bond acceptors (Lipinski definition) is 7. The summed E-state index contributed by atoms with van der Waals surface area (Å²) in [7, 11) is 0. The van der Waals surface area contributed by atoms with Crippen molar-refractivity contribution >= 4 is 56.7 Å². The molecule has 0 radical (unpaired) electrons. The van der Waals surface area contributed by atoms with Gasteiger partial charge in [-0.15, -0.1) is 11.3 Å². The van der Waals surface area contributed by atoms with Crippen LogP contribution in [0.3, 0.4) is 0 Å². The first-order valence-corrected chi connectivity index (χ1v) is 12.8. The van der Waals surface area contributed by atoms with Crippen molar-refractivity contribution in [3.8, 4) is 0 Å². The molecule has 1 aliphatic rings. The molecule has 0 bridgehead atoms. The Morgan fingerprint density at radius 1 is 0.973 bits per heavy atom. The molecule has 0 unspecified atom stereocenters. The molecular weight excluding hydrogens is 486 g/mol. The van der Waals surface area contributed by atoms with Gasteiger partial charge in [0.05, 0.1) is 21.6 Å². The van der Waals surface area contributed by atoms with Crippen LogP contribution in [0.4, 0.5) is 21.9 Å². The van der Waals surface area contributed by atoms with Gasteiger partial charge in [0.15, 0.2) is 0 Å². The molecule has 0 spiro atoms. The molecule has 3 aromatic carbocycles. The SMILES string of the molecule is Nc1ccccc1NC(=O)/C=C/c1ccc(N2CCN(C(=O)OCc3nc4ccccc4s3)CC2)cc1. The molecule has 9 heteroatoms. The van der Waals surface area contributed by atoms with Gasteiger partial charge < -0.3 is 25.6 Å². The fourth-order valence-electron chi connectivity index (χ4n) is 4.10. The number of carbonyl (C=O) groups is 2. The van der Waals surface area contributed by atoms with Crippen molar-refractivity contribution in [2.45, 2.75) is 6.61 Å². The molecule has 1 fully saturated rings. The molecule has 37 heavy (non-hydrogen) atoms. The third-order valence-corrected chi connectivity index (χ3v) is 7.11. The number of hydrogen-bond donors (Lipinski definition) is 2. The topological polar surface area (TPSA) is 101 Å². The van der Waals surface area contributed by atoms with Crippen molar-refractivity contribution in [3.63, 3.8) is 0 Å². The molecule has 1 aliphatic heterocycles. The van der Waals surface area contributed by atoms with Crippen molar-refractivity contribution in [2.75, 3.05) is 42.1 Å². The number of carbonyl (C=O) groups excluding carboxylic acids is 2. The molecule has 2 amide bonds. The molecule has 1 aromatic heterocycles. The van der Waals surface area contributed by atoms with E-state index in [1.165, 1.54) is 6.08 Å². The third-order valence-electron chi connectivity index (χ3n) is 6.10. The third kappa shape index (κ3) is 6.07. The minimum absolute atomic E-state index is 0.185. The highest BCUT2D eigenvalue weighted by Crippen LogP contribution is 2.23. The summed E-state index contributed by atoms with van der Waals surface area (Å²) >= 11 is 1.54. The number of para-hydroxylation sites is 3. The summed E-state index contributed by atoms with van der Waals surface area (Å²) in [5, 5.41) is 3.57. The Balaban J connectivity index is 1.08. The molecule has 5 rings (SSSR count). The number of nitrogens with one attached hydrogen (secondary N) is 1. The first kappa shape index (κ1) is 24.3. The Labute approximate surface area is 219 Å². The zero-order valence-corrected chi connectivity index (χ0v) is 21.0. The average molecular weight is 514 g/mol. The molecule has 0 saturated carbocycles. The number of rotatable bonds is 6. The maximum Gasteiger partial charge on any atom is 0.410 e. The normalized spacial score (nSPS) is 13.7. The van der Waals surface area contributed by atoms with Gasteiger partial charge in [-0.2, -0.15) is 0 Å². The molecule has 3 N–H and O–H groups in total. The highest BCUT2D eigenvalue weighted by molar-refractivity contribution is 7.18. The molecule has 8 nitrogen and oxygen atoms in total. The van der Waals surface area contributed by atoms with Gasteiger partial charge in [-0.1, -0.05) is 36.4 Å². The van der Waals surface area contributed by atoms with Crippen LogP contribution in [-0.4, -0.2) is 48.1 Å². The number of anilines is 3. The Morgan fingerprint density at radius 2 is 1.70 bits per heavy atom. The quantitative estimate of drug-likeness (QED) is 0.278. The van der Waals surface area contributed by atoms with E-state index in [1.807, 2.05) is 60.7 Å². The number of nitrogens with two attached hydrogens (primary N) is 1. The van der Waals surface area contributed by atoms with Crippen LogP contribution >= 0.6 is 11.3 Å². The van der Waals surface area contributed by atoms with Gasteiger partial charge in [0, 0.05) is 37.9 Å². The fraction of sp³-hybridized carbons (Fsp3) is 0.179. The molecular formula is C28H27N5O3S. The van der Waals surface area contributed by atoms with E-state index >= 15 is 0 Å². The summed E-state index contributed by atoms with van der Waals surface area (Å²) in [6.07, 6.45) is 2.94. The Bertz CT molecular complexity index is 1390. The summed E-state index contributed by atoms with van der Waals surface area (Å²) < 4.78 is 6.60. The molecule has 1 saturated heterocycles. The first-order chi connectivity index (χ1) is 18.0. The highest BCUT2D eigenvalue weighted by atomic mass is 32.1. The second-order valence-electron chi connectivity index (χ2n) is 8.61. The van der Waals surface area contributed by atoms with Gasteiger partial charge in [-0.25, -0.2) is 9.78 Å². The molecule has 0 aliphatic carbocycles. The molecule has 0 atom stereocenters. The van der Waals surface area contributed by atoms with Gasteiger partial charge in [-0.05, 0) is 48.0 Å². The van der Waals surface area contributed by atoms with Crippen LogP contribution in [-0.2, 0) is 16.1 Å². The standard InChI is InChI=1S/C28H27N5O3S/c29-22-5-1-2-6-23(22)30-26(34)14-11-20-9-12-21(13-10-20)32-15-17-33(18-16-32)28(35)36-19-27-31-24-7-3-4-8-25(24)37-27/h1-14H,15-19,29H2,(H,30,34)/b14-11+. The minimum atomic E-state index is -0.310. The van der Waals surface area contributed by atoms with Gasteiger partial charge >= 0.3 is 6.09 Å². The first-order valence-electron chi connectivity index (χ1n) is 12.0. The minimum Gasteiger partial charge on any atom is -0.442 e. The maximum atomic E-state index is 12.6. The van der Waals surface area contributed by atoms with Crippen LogP contribution in [0.15, 0.2) is 78.9 Å². The second-order valence-corrected chi connectivity index (χ2v) is 9.72. The van der Waals surface area contributed by atoms with E-state index in [2.05, 4.69) is 15.2 Å². The van der Waals surface area contributed by atoms with E-state index in [-0.39, 0.29) is 18.6 Å². The van der Waals surface area contributed by atoms with Crippen molar-refractivity contribution in [1.29, 1.82) is 0 Å². The van der Waals surface area contributed by atoms with Crippen LogP contribution in [0.2, 0.25) is 0 Å². The zero-order chi connectivity index (χ0) is 25.6. The van der Waals surface area contributed by atoms with Crippen LogP contribution < -0.4 is 16.0 Å². The van der Waals surface area contributed by atoms with E-state index in [0.29, 0.717) is 37.6 Å². The van der Waals surface area contributed by atoms with Crippen molar-refractivity contribution < 1.29 is 14.3 Å². The van der Waals surface area contributed by atoms with E-state index in [0.717, 1.165) is 26.5 Å². The van der Waals surface area contributed by atoms with Gasteiger partial charge in [-0.3, -0.25) is 4.79 Å². The Kier molecular flexibility index (Phi) is 7.32. The zero-order valence-electron chi connectivity index (χ0n) is 20.2. The predicted molar refractivity (Wildman–Crippen MR) is 149 cm³/mol. The number of thiazole rings is 1. The largest absolute Gasteiger partial charge is 0.442 e. The van der Waals surface area contributed by atoms with Crippen molar-refractivity contribution in [1.82, 2.24) is 9.88 Å². The number of benzene rings is 3. The van der Waals surface area contributed by atoms with Crippen LogP contribution in [0.1, 0.15) is 10.6 Å². The van der Waals surface area contributed by atoms with Gasteiger partial charge in [0.2, 0.25) is 5.91 Å². The number of ether oxygens (including phenoxy) is 1. The van der Waals surface area contributed by atoms with Crippen LogP contribution in [0, 0.1) is 0 Å². The maximum absolute atomic E-state index is 12.6. The van der Waals surface area contributed by atoms with E-state index in [9.17, 15) is 9.59 Å². The van der Waals surface area contributed by atoms with Crippen LogP contribution in [0.25, 0.3) is 16.3 Å². The molecule has 4 aromatic rings. The van der Waals surface area contributed by atoms with Crippen molar-refractivity contribution in [2.24, 2.45) is 0 Å². The molecule has 2 heterocycles. The number of aromatic nitrogens is 1. The average Bonchev–Trinajstić information content (AvgIpc) is 3.35. The second kappa shape index (κ2) is 11.1. The van der Waals surface area contributed by atoms with E-state index in [4.69, 9.17) is 10.5 Å². The van der Waals surface area contributed by atoms with E-state index in [1.54, 1.807) is 34.4 Å². The summed E-state index contributed by atoms with van der Waals surface area (Å²) in [4.78, 5) is 33.2. The lowest BCUT2D eigenvalue weighted by Crippen LogP contribution is -2.48. The Morgan fingerprint density at radius 3 is 2.46 bits per heavy atom. The highest BCUT2D eigenvalue weighted by Gasteiger charge is 2.22.